The Hall–Kier alpha value is -3.54. The van der Waals surface area contributed by atoms with Crippen LogP contribution in [0.5, 0.6) is 11.5 Å². The number of carbonyl (C=O) groups is 2. The molecule has 2 amide bonds. The molecule has 6 nitrogen and oxygen atoms in total. The van der Waals surface area contributed by atoms with Gasteiger partial charge in [0, 0.05) is 18.7 Å². The van der Waals surface area contributed by atoms with Gasteiger partial charge in [0.25, 0.3) is 11.8 Å². The van der Waals surface area contributed by atoms with Crippen molar-refractivity contribution in [3.63, 3.8) is 0 Å². The van der Waals surface area contributed by atoms with Crippen LogP contribution in [0.15, 0.2) is 77.4 Å². The fourth-order valence-electron chi connectivity index (χ4n) is 2.27. The van der Waals surface area contributed by atoms with E-state index in [0.717, 1.165) is 0 Å². The number of ether oxygens (including phenoxy) is 1. The van der Waals surface area contributed by atoms with E-state index in [2.05, 4.69) is 10.6 Å². The monoisotopic (exact) mass is 350 g/mol. The minimum absolute atomic E-state index is 0.238. The molecule has 2 N–H and O–H groups in total. The van der Waals surface area contributed by atoms with Crippen LogP contribution < -0.4 is 15.4 Å². The van der Waals surface area contributed by atoms with Crippen LogP contribution in [0.1, 0.15) is 20.9 Å². The molecule has 0 saturated heterocycles. The highest BCUT2D eigenvalue weighted by Crippen LogP contribution is 2.21. The van der Waals surface area contributed by atoms with Gasteiger partial charge in [0.05, 0.1) is 6.26 Å². The van der Waals surface area contributed by atoms with E-state index in [1.54, 1.807) is 36.4 Å². The van der Waals surface area contributed by atoms with Crippen LogP contribution in [0, 0.1) is 0 Å². The average Bonchev–Trinajstić information content (AvgIpc) is 3.21. The molecule has 6 heteroatoms. The van der Waals surface area contributed by atoms with E-state index in [1.807, 2.05) is 30.3 Å². The molecule has 132 valence electrons. The molecule has 3 rings (SSSR count). The summed E-state index contributed by atoms with van der Waals surface area (Å²) in [7, 11) is 0. The van der Waals surface area contributed by atoms with Crippen LogP contribution >= 0.6 is 0 Å². The third kappa shape index (κ3) is 4.73. The molecule has 0 aliphatic rings. The van der Waals surface area contributed by atoms with E-state index in [1.165, 1.54) is 6.26 Å². The Balaban J connectivity index is 1.48. The summed E-state index contributed by atoms with van der Waals surface area (Å²) < 4.78 is 10.7. The van der Waals surface area contributed by atoms with E-state index < -0.39 is 0 Å². The molecule has 0 saturated carbocycles. The number of furan rings is 1. The van der Waals surface area contributed by atoms with Gasteiger partial charge >= 0.3 is 0 Å². The van der Waals surface area contributed by atoms with Crippen molar-refractivity contribution in [1.82, 2.24) is 10.6 Å². The zero-order valence-electron chi connectivity index (χ0n) is 14.0. The lowest BCUT2D eigenvalue weighted by molar-refractivity contribution is 0.0910. The predicted molar refractivity (Wildman–Crippen MR) is 96.3 cm³/mol. The number of benzene rings is 2. The van der Waals surface area contributed by atoms with Crippen molar-refractivity contribution in [2.75, 3.05) is 13.1 Å². The maximum Gasteiger partial charge on any atom is 0.287 e. The molecule has 0 unspecified atom stereocenters. The van der Waals surface area contributed by atoms with Crippen molar-refractivity contribution in [3.05, 3.63) is 84.3 Å². The van der Waals surface area contributed by atoms with E-state index in [-0.39, 0.29) is 17.6 Å². The summed E-state index contributed by atoms with van der Waals surface area (Å²) in [4.78, 5) is 23.9. The Morgan fingerprint density at radius 2 is 1.54 bits per heavy atom. The Labute approximate surface area is 150 Å². The minimum Gasteiger partial charge on any atom is -0.459 e. The lowest BCUT2D eigenvalue weighted by atomic mass is 10.2. The SMILES string of the molecule is O=C(NCCNC(=O)c1ccco1)c1cccc(Oc2ccccc2)c1. The standard InChI is InChI=1S/C20H18N2O4/c23-19(21-11-12-22-20(24)18-10-5-13-25-18)15-6-4-9-17(14-15)26-16-7-2-1-3-8-16/h1-10,13-14H,11-12H2,(H,21,23)(H,22,24). The van der Waals surface area contributed by atoms with E-state index >= 15 is 0 Å². The zero-order valence-corrected chi connectivity index (χ0v) is 14.0. The molecular weight excluding hydrogens is 332 g/mol. The highest BCUT2D eigenvalue weighted by atomic mass is 16.5. The van der Waals surface area contributed by atoms with Crippen molar-refractivity contribution in [3.8, 4) is 11.5 Å². The number of rotatable bonds is 7. The van der Waals surface area contributed by atoms with E-state index in [0.29, 0.717) is 30.2 Å². The van der Waals surface area contributed by atoms with Gasteiger partial charge in [-0.1, -0.05) is 24.3 Å². The molecule has 0 spiro atoms. The van der Waals surface area contributed by atoms with Gasteiger partial charge in [0.2, 0.25) is 0 Å². The third-order valence-electron chi connectivity index (χ3n) is 3.52. The molecule has 0 fully saturated rings. The highest BCUT2D eigenvalue weighted by Gasteiger charge is 2.09. The van der Waals surface area contributed by atoms with Crippen LogP contribution in [0.3, 0.4) is 0 Å². The second-order valence-electron chi connectivity index (χ2n) is 5.43. The van der Waals surface area contributed by atoms with Gasteiger partial charge in [0.15, 0.2) is 5.76 Å². The van der Waals surface area contributed by atoms with E-state index in [9.17, 15) is 9.59 Å². The number of hydrogen-bond donors (Lipinski definition) is 2. The highest BCUT2D eigenvalue weighted by molar-refractivity contribution is 5.94. The van der Waals surface area contributed by atoms with Crippen LogP contribution in [-0.2, 0) is 0 Å². The number of nitrogens with one attached hydrogen (secondary N) is 2. The summed E-state index contributed by atoms with van der Waals surface area (Å²) in [5.41, 5.74) is 0.482. The van der Waals surface area contributed by atoms with Crippen molar-refractivity contribution in [2.45, 2.75) is 0 Å². The van der Waals surface area contributed by atoms with Crippen molar-refractivity contribution >= 4 is 11.8 Å². The smallest absolute Gasteiger partial charge is 0.287 e. The third-order valence-corrected chi connectivity index (χ3v) is 3.52. The molecule has 3 aromatic rings. The molecule has 26 heavy (non-hydrogen) atoms. The van der Waals surface area contributed by atoms with Gasteiger partial charge in [-0.2, -0.15) is 0 Å². The largest absolute Gasteiger partial charge is 0.459 e. The zero-order chi connectivity index (χ0) is 18.2. The first-order valence-electron chi connectivity index (χ1n) is 8.15. The maximum atomic E-state index is 12.2. The van der Waals surface area contributed by atoms with Gasteiger partial charge in [-0.15, -0.1) is 0 Å². The molecular formula is C20H18N2O4. The topological polar surface area (TPSA) is 80.6 Å². The van der Waals surface area contributed by atoms with Crippen molar-refractivity contribution in [1.29, 1.82) is 0 Å². The molecule has 1 heterocycles. The number of amides is 2. The normalized spacial score (nSPS) is 10.2. The van der Waals surface area contributed by atoms with Gasteiger partial charge < -0.3 is 19.8 Å². The predicted octanol–water partition coefficient (Wildman–Crippen LogP) is 3.23. The second kappa shape index (κ2) is 8.53. The Morgan fingerprint density at radius 3 is 2.27 bits per heavy atom. The van der Waals surface area contributed by atoms with Crippen LogP contribution in [0.25, 0.3) is 0 Å². The van der Waals surface area contributed by atoms with Gasteiger partial charge in [-0.25, -0.2) is 0 Å². The second-order valence-corrected chi connectivity index (χ2v) is 5.43. The van der Waals surface area contributed by atoms with Crippen LogP contribution in [0.2, 0.25) is 0 Å². The molecule has 0 aliphatic heterocycles. The molecule has 0 bridgehead atoms. The summed E-state index contributed by atoms with van der Waals surface area (Å²) in [5, 5.41) is 5.41. The Kier molecular flexibility index (Phi) is 5.67. The average molecular weight is 350 g/mol. The van der Waals surface area contributed by atoms with Crippen molar-refractivity contribution < 1.29 is 18.7 Å². The summed E-state index contributed by atoms with van der Waals surface area (Å²) in [6, 6.07) is 19.5. The molecule has 0 atom stereocenters. The first kappa shape index (κ1) is 17.3. The quantitative estimate of drug-likeness (QED) is 0.641. The fourth-order valence-corrected chi connectivity index (χ4v) is 2.27. The summed E-state index contributed by atoms with van der Waals surface area (Å²) in [6.07, 6.45) is 1.43. The van der Waals surface area contributed by atoms with Gasteiger partial charge in [0.1, 0.15) is 11.5 Å². The Bertz CT molecular complexity index is 861. The van der Waals surface area contributed by atoms with Gasteiger partial charge in [-0.05, 0) is 42.5 Å². The fraction of sp³-hybridized carbons (Fsp3) is 0.100. The summed E-state index contributed by atoms with van der Waals surface area (Å²) in [6.45, 7) is 0.598. The van der Waals surface area contributed by atoms with Crippen LogP contribution in [0.4, 0.5) is 0 Å². The lowest BCUT2D eigenvalue weighted by Crippen LogP contribution is -2.34. The molecule has 0 radical (unpaired) electrons. The first-order valence-corrected chi connectivity index (χ1v) is 8.15. The lowest BCUT2D eigenvalue weighted by Gasteiger charge is -2.09. The molecule has 1 aromatic heterocycles. The van der Waals surface area contributed by atoms with Crippen molar-refractivity contribution in [2.24, 2.45) is 0 Å². The number of hydrogen-bond acceptors (Lipinski definition) is 4. The summed E-state index contributed by atoms with van der Waals surface area (Å²) >= 11 is 0. The minimum atomic E-state index is -0.317. The van der Waals surface area contributed by atoms with Gasteiger partial charge in [-0.3, -0.25) is 9.59 Å². The first-order chi connectivity index (χ1) is 12.7. The maximum absolute atomic E-state index is 12.2. The van der Waals surface area contributed by atoms with Crippen LogP contribution in [-0.4, -0.2) is 24.9 Å². The summed E-state index contributed by atoms with van der Waals surface area (Å²) in [5.74, 6) is 0.959. The number of carbonyl (C=O) groups excluding carboxylic acids is 2. The molecule has 2 aromatic carbocycles. The molecule has 0 aliphatic carbocycles. The number of para-hydroxylation sites is 1. The Morgan fingerprint density at radius 1 is 0.808 bits per heavy atom. The van der Waals surface area contributed by atoms with E-state index in [4.69, 9.17) is 9.15 Å².